The van der Waals surface area contributed by atoms with Gasteiger partial charge in [-0.3, -0.25) is 4.79 Å². The molecule has 0 aromatic heterocycles. The zero-order chi connectivity index (χ0) is 16.2. The number of likely N-dealkylation sites (N-methyl/N-ethyl adjacent to an activating group) is 2. The Morgan fingerprint density at radius 3 is 1.75 bits per heavy atom. The maximum absolute atomic E-state index is 13.6. The van der Waals surface area contributed by atoms with Crippen molar-refractivity contribution in [3.05, 3.63) is 0 Å². The van der Waals surface area contributed by atoms with Gasteiger partial charge in [-0.2, -0.15) is 0 Å². The fourth-order valence-electron chi connectivity index (χ4n) is 7.04. The smallest absolute Gasteiger partial charge is 0.228 e. The number of nitrogens with zero attached hydrogens (tertiary/aromatic N) is 2. The first kappa shape index (κ1) is 18.5. The SMILES string of the molecule is CN(C)[C@@H]1CCCC[C@H]1N(C)C(=O)C12CC3CC(CC(C3)C1)C2.Cl. The van der Waals surface area contributed by atoms with Gasteiger partial charge in [-0.25, -0.2) is 0 Å². The van der Waals surface area contributed by atoms with Crippen LogP contribution in [0.15, 0.2) is 0 Å². The molecule has 5 aliphatic carbocycles. The fraction of sp³-hybridized carbons (Fsp3) is 0.950. The summed E-state index contributed by atoms with van der Waals surface area (Å²) >= 11 is 0. The lowest BCUT2D eigenvalue weighted by atomic mass is 9.49. The third-order valence-corrected chi connectivity index (χ3v) is 7.67. The first-order valence-corrected chi connectivity index (χ1v) is 9.92. The van der Waals surface area contributed by atoms with Crippen molar-refractivity contribution < 1.29 is 4.79 Å². The van der Waals surface area contributed by atoms with Crippen LogP contribution in [0.25, 0.3) is 0 Å². The Hall–Kier alpha value is -0.280. The zero-order valence-corrected chi connectivity index (χ0v) is 16.5. The van der Waals surface area contributed by atoms with Crippen LogP contribution in [-0.2, 0) is 4.79 Å². The molecule has 0 aromatic rings. The van der Waals surface area contributed by atoms with Gasteiger partial charge in [0.25, 0.3) is 0 Å². The molecular weight excluding hydrogens is 320 g/mol. The quantitative estimate of drug-likeness (QED) is 0.766. The van der Waals surface area contributed by atoms with Gasteiger partial charge in [0.15, 0.2) is 0 Å². The van der Waals surface area contributed by atoms with Crippen LogP contribution in [0.4, 0.5) is 0 Å². The van der Waals surface area contributed by atoms with Crippen molar-refractivity contribution in [2.24, 2.45) is 23.2 Å². The molecule has 5 rings (SSSR count). The molecule has 1 amide bonds. The largest absolute Gasteiger partial charge is 0.341 e. The van der Waals surface area contributed by atoms with Gasteiger partial charge in [-0.15, -0.1) is 12.4 Å². The molecule has 5 aliphatic rings. The van der Waals surface area contributed by atoms with E-state index in [-0.39, 0.29) is 17.8 Å². The second-order valence-electron chi connectivity index (χ2n) is 9.50. The molecule has 5 fully saturated rings. The van der Waals surface area contributed by atoms with Gasteiger partial charge in [0.1, 0.15) is 0 Å². The molecule has 5 saturated carbocycles. The van der Waals surface area contributed by atoms with Crippen LogP contribution in [0.5, 0.6) is 0 Å². The van der Waals surface area contributed by atoms with E-state index in [1.165, 1.54) is 64.2 Å². The second kappa shape index (κ2) is 6.79. The van der Waals surface area contributed by atoms with Gasteiger partial charge in [-0.1, -0.05) is 12.8 Å². The Morgan fingerprint density at radius 2 is 1.29 bits per heavy atom. The molecule has 0 spiro atoms. The van der Waals surface area contributed by atoms with E-state index >= 15 is 0 Å². The van der Waals surface area contributed by atoms with E-state index in [1.807, 2.05) is 0 Å². The van der Waals surface area contributed by atoms with Gasteiger partial charge in [0.05, 0.1) is 5.41 Å². The van der Waals surface area contributed by atoms with Gasteiger partial charge in [0, 0.05) is 19.1 Å². The van der Waals surface area contributed by atoms with Crippen LogP contribution in [0.2, 0.25) is 0 Å². The highest BCUT2D eigenvalue weighted by molar-refractivity contribution is 5.85. The molecule has 24 heavy (non-hydrogen) atoms. The number of halogens is 1. The lowest BCUT2D eigenvalue weighted by Gasteiger charge is -2.57. The number of amides is 1. The van der Waals surface area contributed by atoms with E-state index < -0.39 is 0 Å². The first-order chi connectivity index (χ1) is 11.0. The van der Waals surface area contributed by atoms with E-state index in [0.717, 1.165) is 17.8 Å². The molecule has 0 aliphatic heterocycles. The van der Waals surface area contributed by atoms with Crippen LogP contribution in [0.1, 0.15) is 64.2 Å². The summed E-state index contributed by atoms with van der Waals surface area (Å²) in [5, 5.41) is 0. The molecule has 4 heteroatoms. The molecular formula is C20H35ClN2O. The molecule has 138 valence electrons. The average molecular weight is 355 g/mol. The van der Waals surface area contributed by atoms with Crippen molar-refractivity contribution in [1.82, 2.24) is 9.80 Å². The Kier molecular flexibility index (Phi) is 5.24. The molecule has 0 heterocycles. The molecule has 2 atom stereocenters. The molecule has 0 N–H and O–H groups in total. The highest BCUT2D eigenvalue weighted by Gasteiger charge is 2.56. The summed E-state index contributed by atoms with van der Waals surface area (Å²) in [6, 6.07) is 0.978. The van der Waals surface area contributed by atoms with Crippen molar-refractivity contribution in [1.29, 1.82) is 0 Å². The van der Waals surface area contributed by atoms with Gasteiger partial charge in [0.2, 0.25) is 5.91 Å². The number of hydrogen-bond acceptors (Lipinski definition) is 2. The maximum Gasteiger partial charge on any atom is 0.228 e. The van der Waals surface area contributed by atoms with E-state index in [9.17, 15) is 4.79 Å². The summed E-state index contributed by atoms with van der Waals surface area (Å²) in [5.41, 5.74) is 0.0256. The lowest BCUT2D eigenvalue weighted by molar-refractivity contribution is -0.160. The third kappa shape index (κ3) is 3.00. The zero-order valence-electron chi connectivity index (χ0n) is 15.7. The van der Waals surface area contributed by atoms with Crippen LogP contribution in [0, 0.1) is 23.2 Å². The summed E-state index contributed by atoms with van der Waals surface area (Å²) in [7, 11) is 6.49. The molecule has 0 radical (unpaired) electrons. The van der Waals surface area contributed by atoms with Crippen LogP contribution >= 0.6 is 12.4 Å². The molecule has 0 unspecified atom stereocenters. The van der Waals surface area contributed by atoms with E-state index in [4.69, 9.17) is 0 Å². The summed E-state index contributed by atoms with van der Waals surface area (Å²) < 4.78 is 0. The van der Waals surface area contributed by atoms with Crippen molar-refractivity contribution in [2.75, 3.05) is 21.1 Å². The number of hydrogen-bond donors (Lipinski definition) is 0. The summed E-state index contributed by atoms with van der Waals surface area (Å²) in [6.07, 6.45) is 12.9. The Labute approximate surface area is 153 Å². The summed E-state index contributed by atoms with van der Waals surface area (Å²) in [6.45, 7) is 0. The Bertz CT molecular complexity index is 443. The van der Waals surface area contributed by atoms with E-state index in [1.54, 1.807) is 0 Å². The summed E-state index contributed by atoms with van der Waals surface area (Å²) in [5.74, 6) is 3.08. The molecule has 0 aromatic carbocycles. The van der Waals surface area contributed by atoms with Gasteiger partial charge < -0.3 is 9.80 Å². The lowest BCUT2D eigenvalue weighted by Crippen LogP contribution is -2.59. The van der Waals surface area contributed by atoms with Crippen LogP contribution in [-0.4, -0.2) is 48.9 Å². The minimum atomic E-state index is 0. The first-order valence-electron chi connectivity index (χ1n) is 9.92. The van der Waals surface area contributed by atoms with Gasteiger partial charge >= 0.3 is 0 Å². The van der Waals surface area contributed by atoms with Crippen LogP contribution in [0.3, 0.4) is 0 Å². The van der Waals surface area contributed by atoms with Crippen molar-refractivity contribution >= 4 is 18.3 Å². The third-order valence-electron chi connectivity index (χ3n) is 7.67. The predicted octanol–water partition coefficient (Wildman–Crippen LogP) is 3.96. The highest BCUT2D eigenvalue weighted by atomic mass is 35.5. The topological polar surface area (TPSA) is 23.6 Å². The monoisotopic (exact) mass is 354 g/mol. The Morgan fingerprint density at radius 1 is 0.833 bits per heavy atom. The average Bonchev–Trinajstić information content (AvgIpc) is 2.52. The number of rotatable bonds is 3. The second-order valence-corrected chi connectivity index (χ2v) is 9.50. The number of carbonyl (C=O) groups excluding carboxylic acids is 1. The normalized spacial score (nSPS) is 43.6. The van der Waals surface area contributed by atoms with Crippen molar-refractivity contribution in [2.45, 2.75) is 76.3 Å². The predicted molar refractivity (Wildman–Crippen MR) is 100 cm³/mol. The molecule has 0 saturated heterocycles. The standard InChI is InChI=1S/C20H34N2O.ClH/c1-21(2)17-6-4-5-7-18(17)22(3)19(23)20-11-14-8-15(12-20)10-16(9-14)13-20;/h14-18H,4-13H2,1-3H3;1H/t14?,15?,16?,17-,18-,20?;/m1./s1. The number of carbonyl (C=O) groups is 1. The van der Waals surface area contributed by atoms with Crippen molar-refractivity contribution in [3.63, 3.8) is 0 Å². The maximum atomic E-state index is 13.6. The molecule has 3 nitrogen and oxygen atoms in total. The van der Waals surface area contributed by atoms with E-state index in [0.29, 0.717) is 18.0 Å². The highest BCUT2D eigenvalue weighted by Crippen LogP contribution is 2.60. The molecule has 4 bridgehead atoms. The van der Waals surface area contributed by atoms with Crippen molar-refractivity contribution in [3.8, 4) is 0 Å². The minimum Gasteiger partial charge on any atom is -0.341 e. The Balaban J connectivity index is 0.00000169. The van der Waals surface area contributed by atoms with Gasteiger partial charge in [-0.05, 0) is 83.2 Å². The van der Waals surface area contributed by atoms with E-state index in [2.05, 4.69) is 30.9 Å². The van der Waals surface area contributed by atoms with Crippen LogP contribution < -0.4 is 0 Å². The summed E-state index contributed by atoms with van der Waals surface area (Å²) in [4.78, 5) is 18.1. The minimum absolute atomic E-state index is 0. The fourth-order valence-corrected chi connectivity index (χ4v) is 7.04.